The van der Waals surface area contributed by atoms with Crippen LogP contribution in [0.5, 0.6) is 0 Å². The van der Waals surface area contributed by atoms with Crippen LogP contribution in [-0.4, -0.2) is 0 Å². The molecule has 0 nitrogen and oxygen atoms in total. The van der Waals surface area contributed by atoms with Crippen molar-refractivity contribution in [3.63, 3.8) is 0 Å². The van der Waals surface area contributed by atoms with Crippen molar-refractivity contribution in [2.75, 3.05) is 0 Å². The van der Waals surface area contributed by atoms with Gasteiger partial charge in [-0.1, -0.05) is 34.1 Å². The lowest BCUT2D eigenvalue weighted by atomic mass is 9.66. The predicted molar refractivity (Wildman–Crippen MR) is 50.6 cm³/mol. The van der Waals surface area contributed by atoms with Gasteiger partial charge in [-0.25, -0.2) is 0 Å². The summed E-state index contributed by atoms with van der Waals surface area (Å²) in [5, 5.41) is 0. The highest BCUT2D eigenvalue weighted by molar-refractivity contribution is 4.83. The maximum atomic E-state index is 2.42. The zero-order chi connectivity index (χ0) is 8.48. The Labute approximate surface area is 71.4 Å². The summed E-state index contributed by atoms with van der Waals surface area (Å²) in [6.45, 7) is 9.59. The van der Waals surface area contributed by atoms with Crippen LogP contribution >= 0.6 is 0 Å². The predicted octanol–water partition coefficient (Wildman–Crippen LogP) is 3.86. The van der Waals surface area contributed by atoms with Crippen LogP contribution in [0.4, 0.5) is 0 Å². The second-order valence-corrected chi connectivity index (χ2v) is 4.94. The minimum Gasteiger partial charge on any atom is -0.0651 e. The average Bonchev–Trinajstić information content (AvgIpc) is 1.95. The monoisotopic (exact) mass is 154 g/mol. The van der Waals surface area contributed by atoms with E-state index in [1.165, 1.54) is 25.7 Å². The lowest BCUT2D eigenvalue weighted by Gasteiger charge is -2.40. The highest BCUT2D eigenvalue weighted by Crippen LogP contribution is 2.43. The maximum absolute atomic E-state index is 2.42. The normalized spacial score (nSPS) is 37.1. The summed E-state index contributed by atoms with van der Waals surface area (Å²) in [4.78, 5) is 0. The van der Waals surface area contributed by atoms with Crippen LogP contribution < -0.4 is 0 Å². The molecule has 0 aliphatic heterocycles. The van der Waals surface area contributed by atoms with Gasteiger partial charge >= 0.3 is 0 Å². The summed E-state index contributed by atoms with van der Waals surface area (Å²) >= 11 is 0. The zero-order valence-corrected chi connectivity index (χ0v) is 8.48. The van der Waals surface area contributed by atoms with E-state index in [0.29, 0.717) is 5.41 Å². The molecule has 1 saturated carbocycles. The minimum atomic E-state index is 0.617. The quantitative estimate of drug-likeness (QED) is 0.538. The van der Waals surface area contributed by atoms with Gasteiger partial charge in [0, 0.05) is 0 Å². The van der Waals surface area contributed by atoms with Crippen molar-refractivity contribution < 1.29 is 0 Å². The van der Waals surface area contributed by atoms with E-state index in [2.05, 4.69) is 27.7 Å². The van der Waals surface area contributed by atoms with Crippen LogP contribution in [0.15, 0.2) is 0 Å². The van der Waals surface area contributed by atoms with E-state index in [4.69, 9.17) is 0 Å². The van der Waals surface area contributed by atoms with Gasteiger partial charge in [0.2, 0.25) is 0 Å². The van der Waals surface area contributed by atoms with Crippen LogP contribution in [0.3, 0.4) is 0 Å². The summed E-state index contributed by atoms with van der Waals surface area (Å²) in [7, 11) is 0. The van der Waals surface area contributed by atoms with E-state index in [-0.39, 0.29) is 0 Å². The lowest BCUT2D eigenvalue weighted by molar-refractivity contribution is 0.110. The van der Waals surface area contributed by atoms with E-state index >= 15 is 0 Å². The molecule has 0 spiro atoms. The molecule has 0 amide bonds. The fourth-order valence-corrected chi connectivity index (χ4v) is 2.13. The van der Waals surface area contributed by atoms with Gasteiger partial charge in [0.15, 0.2) is 0 Å². The third kappa shape index (κ3) is 1.98. The van der Waals surface area contributed by atoms with Gasteiger partial charge in [0.05, 0.1) is 0 Å². The van der Waals surface area contributed by atoms with Gasteiger partial charge in [-0.2, -0.15) is 0 Å². The molecule has 0 bridgehead atoms. The molecule has 0 N–H and O–H groups in total. The molecule has 1 aliphatic carbocycles. The summed E-state index contributed by atoms with van der Waals surface area (Å²) in [5.41, 5.74) is 0.617. The third-order valence-electron chi connectivity index (χ3n) is 3.80. The summed E-state index contributed by atoms with van der Waals surface area (Å²) in [6, 6.07) is 0. The number of rotatable bonds is 1. The molecule has 1 fully saturated rings. The van der Waals surface area contributed by atoms with E-state index in [9.17, 15) is 0 Å². The fourth-order valence-electron chi connectivity index (χ4n) is 2.13. The summed E-state index contributed by atoms with van der Waals surface area (Å²) in [6.07, 6.45) is 5.75. The molecule has 66 valence electrons. The molecule has 2 atom stereocenters. The third-order valence-corrected chi connectivity index (χ3v) is 3.80. The first-order valence-corrected chi connectivity index (χ1v) is 5.06. The Balaban J connectivity index is 2.48. The van der Waals surface area contributed by atoms with E-state index < -0.39 is 0 Å². The molecule has 0 heteroatoms. The Morgan fingerprint density at radius 2 is 2.00 bits per heavy atom. The summed E-state index contributed by atoms with van der Waals surface area (Å²) in [5.74, 6) is 1.96. The summed E-state index contributed by atoms with van der Waals surface area (Å²) < 4.78 is 0. The van der Waals surface area contributed by atoms with Gasteiger partial charge in [-0.15, -0.1) is 0 Å². The van der Waals surface area contributed by atoms with Crippen LogP contribution in [0.2, 0.25) is 0 Å². The minimum absolute atomic E-state index is 0.617. The smallest absolute Gasteiger partial charge is 0.0328 e. The Hall–Kier alpha value is 0. The van der Waals surface area contributed by atoms with E-state index in [1.54, 1.807) is 0 Å². The van der Waals surface area contributed by atoms with Gasteiger partial charge in [-0.3, -0.25) is 0 Å². The standard InChI is InChI=1S/C11H22/c1-5-10-6-7-11(3,4)9(2)8-10/h9-10H,5-8H2,1-4H3. The largest absolute Gasteiger partial charge is 0.0651 e. The first-order chi connectivity index (χ1) is 5.06. The van der Waals surface area contributed by atoms with Crippen LogP contribution in [0, 0.1) is 17.3 Å². The molecule has 0 aromatic rings. The maximum Gasteiger partial charge on any atom is -0.0328 e. The highest BCUT2D eigenvalue weighted by atomic mass is 14.4. The second-order valence-electron chi connectivity index (χ2n) is 4.94. The molecule has 0 aromatic heterocycles. The fraction of sp³-hybridized carbons (Fsp3) is 1.00. The van der Waals surface area contributed by atoms with Crippen molar-refractivity contribution in [3.05, 3.63) is 0 Å². The van der Waals surface area contributed by atoms with Crippen molar-refractivity contribution >= 4 is 0 Å². The van der Waals surface area contributed by atoms with Gasteiger partial charge in [0.1, 0.15) is 0 Å². The van der Waals surface area contributed by atoms with Crippen LogP contribution in [0.1, 0.15) is 53.4 Å². The Bertz CT molecular complexity index is 124. The van der Waals surface area contributed by atoms with Gasteiger partial charge in [-0.05, 0) is 36.5 Å². The lowest BCUT2D eigenvalue weighted by Crippen LogP contribution is -2.29. The van der Waals surface area contributed by atoms with Crippen molar-refractivity contribution in [1.29, 1.82) is 0 Å². The molecule has 2 unspecified atom stereocenters. The molecular formula is C11H22. The molecular weight excluding hydrogens is 132 g/mol. The van der Waals surface area contributed by atoms with Gasteiger partial charge in [0.25, 0.3) is 0 Å². The van der Waals surface area contributed by atoms with Crippen molar-refractivity contribution in [3.8, 4) is 0 Å². The zero-order valence-electron chi connectivity index (χ0n) is 8.48. The molecule has 0 saturated heterocycles. The van der Waals surface area contributed by atoms with Gasteiger partial charge < -0.3 is 0 Å². The van der Waals surface area contributed by atoms with E-state index in [1.807, 2.05) is 0 Å². The average molecular weight is 154 g/mol. The first-order valence-electron chi connectivity index (χ1n) is 5.06. The SMILES string of the molecule is CCC1CCC(C)(C)C(C)C1. The number of hydrogen-bond acceptors (Lipinski definition) is 0. The topological polar surface area (TPSA) is 0 Å². The molecule has 1 aliphatic rings. The first kappa shape index (κ1) is 9.09. The Morgan fingerprint density at radius 3 is 2.45 bits per heavy atom. The van der Waals surface area contributed by atoms with E-state index in [0.717, 1.165) is 11.8 Å². The van der Waals surface area contributed by atoms with Crippen molar-refractivity contribution in [2.24, 2.45) is 17.3 Å². The molecule has 0 heterocycles. The van der Waals surface area contributed by atoms with Crippen molar-refractivity contribution in [1.82, 2.24) is 0 Å². The second kappa shape index (κ2) is 3.16. The number of hydrogen-bond donors (Lipinski definition) is 0. The Kier molecular flexibility index (Phi) is 2.61. The van der Waals surface area contributed by atoms with Crippen molar-refractivity contribution in [2.45, 2.75) is 53.4 Å². The molecule has 0 aromatic carbocycles. The molecule has 1 rings (SSSR count). The van der Waals surface area contributed by atoms with Crippen LogP contribution in [0.25, 0.3) is 0 Å². The molecule has 0 radical (unpaired) electrons. The van der Waals surface area contributed by atoms with Crippen LogP contribution in [-0.2, 0) is 0 Å². The Morgan fingerprint density at radius 1 is 1.36 bits per heavy atom. The molecule has 11 heavy (non-hydrogen) atoms. The highest BCUT2D eigenvalue weighted by Gasteiger charge is 2.32.